The molecule has 4 rings (SSSR count). The molecule has 0 spiro atoms. The van der Waals surface area contributed by atoms with Crippen LogP contribution in [-0.4, -0.2) is 27.6 Å². The Morgan fingerprint density at radius 1 is 1.11 bits per heavy atom. The quantitative estimate of drug-likeness (QED) is 0.508. The number of hydrogen-bond donors (Lipinski definition) is 2. The number of hydrogen-bond acceptors (Lipinski definition) is 5. The van der Waals surface area contributed by atoms with Crippen molar-refractivity contribution in [3.8, 4) is 0 Å². The van der Waals surface area contributed by atoms with Crippen molar-refractivity contribution in [3.63, 3.8) is 0 Å². The van der Waals surface area contributed by atoms with E-state index in [0.29, 0.717) is 0 Å². The fourth-order valence-electron chi connectivity index (χ4n) is 3.81. The highest BCUT2D eigenvalue weighted by atomic mass is 32.1. The first kappa shape index (κ1) is 18.9. The number of nitrogens with zero attached hydrogens (tertiary/aromatic N) is 2. The van der Waals surface area contributed by atoms with E-state index in [0.717, 1.165) is 61.5 Å². The Morgan fingerprint density at radius 2 is 1.96 bits per heavy atom. The van der Waals surface area contributed by atoms with Gasteiger partial charge in [0.05, 0.1) is 5.39 Å². The molecule has 0 fully saturated rings. The van der Waals surface area contributed by atoms with Gasteiger partial charge >= 0.3 is 5.97 Å². The molecule has 2 aromatic heterocycles. The van der Waals surface area contributed by atoms with Crippen LogP contribution in [-0.2, 0) is 24.1 Å². The van der Waals surface area contributed by atoms with Crippen LogP contribution in [0.5, 0.6) is 0 Å². The van der Waals surface area contributed by atoms with E-state index in [1.54, 1.807) is 0 Å². The summed E-state index contributed by atoms with van der Waals surface area (Å²) in [7, 11) is 0. The zero-order valence-corrected chi connectivity index (χ0v) is 16.7. The number of fused-ring (bicyclic) bond motifs is 3. The molecule has 0 bridgehead atoms. The Kier molecular flexibility index (Phi) is 5.86. The Hall–Kier alpha value is -2.47. The van der Waals surface area contributed by atoms with Gasteiger partial charge in [-0.25, -0.2) is 9.97 Å². The van der Waals surface area contributed by atoms with Gasteiger partial charge in [-0.05, 0) is 43.2 Å². The van der Waals surface area contributed by atoms with Gasteiger partial charge in [0, 0.05) is 24.3 Å². The molecule has 1 aromatic carbocycles. The van der Waals surface area contributed by atoms with Gasteiger partial charge in [-0.15, -0.1) is 11.3 Å². The van der Waals surface area contributed by atoms with Crippen molar-refractivity contribution in [3.05, 3.63) is 52.2 Å². The van der Waals surface area contributed by atoms with Gasteiger partial charge in [0.2, 0.25) is 0 Å². The largest absolute Gasteiger partial charge is 0.481 e. The minimum Gasteiger partial charge on any atom is -0.481 e. The predicted molar refractivity (Wildman–Crippen MR) is 113 cm³/mol. The van der Waals surface area contributed by atoms with E-state index in [2.05, 4.69) is 17.4 Å². The van der Waals surface area contributed by atoms with Crippen LogP contribution in [0.15, 0.2) is 30.3 Å². The summed E-state index contributed by atoms with van der Waals surface area (Å²) >= 11 is 1.82. The molecule has 28 heavy (non-hydrogen) atoms. The summed E-state index contributed by atoms with van der Waals surface area (Å²) in [5.41, 5.74) is 2.64. The Morgan fingerprint density at radius 3 is 2.79 bits per heavy atom. The number of aliphatic carboxylic acids is 1. The number of carbonyl (C=O) groups is 1. The van der Waals surface area contributed by atoms with E-state index in [4.69, 9.17) is 15.1 Å². The van der Waals surface area contributed by atoms with Gasteiger partial charge in [-0.1, -0.05) is 36.8 Å². The molecule has 0 atom stereocenters. The Balaban J connectivity index is 1.53. The molecule has 0 saturated carbocycles. The SMILES string of the molecule is O=C(O)CCCCCNc1nc(Cc2ccccc2)nc2sc3c(c12)CCC3. The van der Waals surface area contributed by atoms with Gasteiger partial charge in [0.25, 0.3) is 0 Å². The summed E-state index contributed by atoms with van der Waals surface area (Å²) < 4.78 is 0. The normalized spacial score (nSPS) is 13.0. The molecule has 5 nitrogen and oxygen atoms in total. The topological polar surface area (TPSA) is 75.1 Å². The van der Waals surface area contributed by atoms with Gasteiger partial charge in [-0.2, -0.15) is 0 Å². The second-order valence-electron chi connectivity index (χ2n) is 7.32. The van der Waals surface area contributed by atoms with Crippen LogP contribution < -0.4 is 5.32 Å². The van der Waals surface area contributed by atoms with E-state index in [9.17, 15) is 4.79 Å². The first-order chi connectivity index (χ1) is 13.7. The average molecular weight is 396 g/mol. The molecular formula is C22H25N3O2S. The zero-order chi connectivity index (χ0) is 19.3. The fraction of sp³-hybridized carbons (Fsp3) is 0.409. The highest BCUT2D eigenvalue weighted by Gasteiger charge is 2.22. The number of anilines is 1. The summed E-state index contributed by atoms with van der Waals surface area (Å²) in [4.78, 5) is 23.0. The number of aromatic nitrogens is 2. The number of carboxylic acids is 1. The van der Waals surface area contributed by atoms with Crippen molar-refractivity contribution < 1.29 is 9.90 Å². The molecule has 1 aliphatic carbocycles. The lowest BCUT2D eigenvalue weighted by Gasteiger charge is -2.10. The molecule has 0 unspecified atom stereocenters. The number of rotatable bonds is 9. The first-order valence-electron chi connectivity index (χ1n) is 10.0. The summed E-state index contributed by atoms with van der Waals surface area (Å²) in [6, 6.07) is 10.3. The van der Waals surface area contributed by atoms with E-state index >= 15 is 0 Å². The fourth-order valence-corrected chi connectivity index (χ4v) is 5.09. The minimum atomic E-state index is -0.718. The van der Waals surface area contributed by atoms with Crippen molar-refractivity contribution in [2.45, 2.75) is 51.4 Å². The third-order valence-corrected chi connectivity index (χ3v) is 6.36. The van der Waals surface area contributed by atoms with Crippen LogP contribution in [0.2, 0.25) is 0 Å². The number of aryl methyl sites for hydroxylation is 2. The first-order valence-corrected chi connectivity index (χ1v) is 10.8. The smallest absolute Gasteiger partial charge is 0.303 e. The molecule has 0 saturated heterocycles. The van der Waals surface area contributed by atoms with Crippen LogP contribution in [0.1, 0.15) is 53.9 Å². The van der Waals surface area contributed by atoms with Crippen LogP contribution in [0.4, 0.5) is 5.82 Å². The lowest BCUT2D eigenvalue weighted by Crippen LogP contribution is -2.07. The van der Waals surface area contributed by atoms with E-state index in [-0.39, 0.29) is 6.42 Å². The van der Waals surface area contributed by atoms with Gasteiger partial charge < -0.3 is 10.4 Å². The van der Waals surface area contributed by atoms with Crippen molar-refractivity contribution >= 4 is 33.3 Å². The van der Waals surface area contributed by atoms with Crippen LogP contribution >= 0.6 is 11.3 Å². The van der Waals surface area contributed by atoms with E-state index in [1.165, 1.54) is 27.8 Å². The third kappa shape index (κ3) is 4.33. The molecule has 1 aliphatic rings. The number of unbranched alkanes of at least 4 members (excludes halogenated alkanes) is 2. The monoisotopic (exact) mass is 395 g/mol. The van der Waals surface area contributed by atoms with Crippen LogP contribution in [0, 0.1) is 0 Å². The summed E-state index contributed by atoms with van der Waals surface area (Å²) in [6.45, 7) is 0.807. The molecule has 0 radical (unpaired) electrons. The summed E-state index contributed by atoms with van der Waals surface area (Å²) in [5, 5.41) is 13.5. The average Bonchev–Trinajstić information content (AvgIpc) is 3.26. The number of thiophene rings is 1. The lowest BCUT2D eigenvalue weighted by molar-refractivity contribution is -0.137. The molecule has 3 aromatic rings. The summed E-state index contributed by atoms with van der Waals surface area (Å²) in [6.07, 6.45) is 7.04. The molecule has 0 amide bonds. The predicted octanol–water partition coefficient (Wildman–Crippen LogP) is 4.83. The third-order valence-electron chi connectivity index (χ3n) is 5.18. The number of carboxylic acid groups (broad SMARTS) is 1. The van der Waals surface area contributed by atoms with Gasteiger partial charge in [0.15, 0.2) is 0 Å². The molecule has 2 N–H and O–H groups in total. The molecule has 6 heteroatoms. The highest BCUT2D eigenvalue weighted by Crippen LogP contribution is 2.39. The molecular weight excluding hydrogens is 370 g/mol. The van der Waals surface area contributed by atoms with Crippen molar-refractivity contribution in [2.24, 2.45) is 0 Å². The number of benzene rings is 1. The van der Waals surface area contributed by atoms with Crippen LogP contribution in [0.3, 0.4) is 0 Å². The van der Waals surface area contributed by atoms with Gasteiger partial charge in [0.1, 0.15) is 16.5 Å². The van der Waals surface area contributed by atoms with Crippen molar-refractivity contribution in [1.29, 1.82) is 0 Å². The minimum absolute atomic E-state index is 0.247. The molecule has 146 valence electrons. The Labute approximate surface area is 168 Å². The standard InChI is InChI=1S/C22H25N3O2S/c26-19(27)12-5-2-6-13-23-21-20-16-10-7-11-17(16)28-22(20)25-18(24-21)14-15-8-3-1-4-9-15/h1,3-4,8-9H,2,5-7,10-14H2,(H,26,27)(H,23,24,25). The van der Waals surface area contributed by atoms with E-state index in [1.807, 2.05) is 29.5 Å². The maximum atomic E-state index is 10.6. The lowest BCUT2D eigenvalue weighted by atomic mass is 10.1. The van der Waals surface area contributed by atoms with Crippen molar-refractivity contribution in [2.75, 3.05) is 11.9 Å². The maximum Gasteiger partial charge on any atom is 0.303 e. The maximum absolute atomic E-state index is 10.6. The Bertz CT molecular complexity index is 969. The molecule has 2 heterocycles. The van der Waals surface area contributed by atoms with Crippen molar-refractivity contribution in [1.82, 2.24) is 9.97 Å². The second kappa shape index (κ2) is 8.69. The van der Waals surface area contributed by atoms with E-state index < -0.39 is 5.97 Å². The highest BCUT2D eigenvalue weighted by molar-refractivity contribution is 7.19. The second-order valence-corrected chi connectivity index (χ2v) is 8.40. The zero-order valence-electron chi connectivity index (χ0n) is 15.9. The summed E-state index contributed by atoms with van der Waals surface area (Å²) in [5.74, 6) is 1.09. The van der Waals surface area contributed by atoms with Crippen LogP contribution in [0.25, 0.3) is 10.2 Å². The van der Waals surface area contributed by atoms with Gasteiger partial charge in [-0.3, -0.25) is 4.79 Å². The molecule has 0 aliphatic heterocycles. The number of nitrogens with one attached hydrogen (secondary N) is 1.